The second-order valence-electron chi connectivity index (χ2n) is 9.31. The van der Waals surface area contributed by atoms with Gasteiger partial charge in [-0.1, -0.05) is 0 Å². The Hall–Kier alpha value is -1.13. The average molecular weight is 680 g/mol. The molecule has 2 heterocycles. The minimum atomic E-state index is -7.09. The molecule has 0 saturated carbocycles. The minimum absolute atomic E-state index is 0.868. The number of aliphatic hydroxyl groups is 7. The molecule has 2 rings (SSSR count). The predicted molar refractivity (Wildman–Crippen MR) is 114 cm³/mol. The van der Waals surface area contributed by atoms with Gasteiger partial charge in [0, 0.05) is 6.42 Å². The van der Waals surface area contributed by atoms with E-state index in [1.54, 1.807) is 0 Å². The van der Waals surface area contributed by atoms with Gasteiger partial charge in [0.1, 0.15) is 48.8 Å². The molecule has 0 bridgehead atoms. The van der Waals surface area contributed by atoms with Crippen molar-refractivity contribution in [3.05, 3.63) is 0 Å². The summed E-state index contributed by atoms with van der Waals surface area (Å²) in [5, 5.41) is 62.5. The van der Waals surface area contributed by atoms with Crippen LogP contribution in [0.3, 0.4) is 0 Å². The maximum absolute atomic E-state index is 13.9. The van der Waals surface area contributed by atoms with E-state index >= 15 is 0 Å². The summed E-state index contributed by atoms with van der Waals surface area (Å²) < 4.78 is 159. The van der Waals surface area contributed by atoms with E-state index in [4.69, 9.17) is 23.5 Å². The molecule has 256 valence electrons. The van der Waals surface area contributed by atoms with Crippen molar-refractivity contribution < 1.29 is 108 Å². The second kappa shape index (κ2) is 13.7. The first kappa shape index (κ1) is 38.1. The quantitative estimate of drug-likeness (QED) is 0.0548. The average Bonchev–Trinajstić information content (AvgIpc) is 2.88. The van der Waals surface area contributed by atoms with Gasteiger partial charge >= 0.3 is 33.5 Å². The van der Waals surface area contributed by atoms with Crippen molar-refractivity contribution >= 4 is 10.1 Å². The summed E-state index contributed by atoms with van der Waals surface area (Å²) in [7, 11) is -7.09. The summed E-state index contributed by atoms with van der Waals surface area (Å²) in [6, 6.07) is 0. The zero-order chi connectivity index (χ0) is 33.3. The lowest BCUT2D eigenvalue weighted by Gasteiger charge is -2.45. The van der Waals surface area contributed by atoms with Gasteiger partial charge in [-0.2, -0.15) is 43.5 Å². The van der Waals surface area contributed by atoms with Crippen molar-refractivity contribution in [2.75, 3.05) is 19.8 Å². The van der Waals surface area contributed by atoms with Gasteiger partial charge < -0.3 is 54.7 Å². The van der Waals surface area contributed by atoms with E-state index in [0.29, 0.717) is 0 Å². The molecule has 0 amide bonds. The van der Waals surface area contributed by atoms with Crippen molar-refractivity contribution in [2.45, 2.75) is 97.6 Å². The normalized spacial score (nSPS) is 35.3. The minimum Gasteiger partial charge on any atom is -0.394 e. The number of hydrogen-bond acceptors (Lipinski definition) is 14. The molecule has 0 aliphatic carbocycles. The van der Waals surface area contributed by atoms with E-state index < -0.39 is 128 Å². The molecular weight excluding hydrogens is 652 g/mol. The maximum atomic E-state index is 13.9. The number of rotatable bonds is 14. The first-order chi connectivity index (χ1) is 19.5. The van der Waals surface area contributed by atoms with Gasteiger partial charge in [0.25, 0.3) is 0 Å². The second-order valence-corrected chi connectivity index (χ2v) is 10.8. The van der Waals surface area contributed by atoms with E-state index in [1.807, 2.05) is 0 Å². The van der Waals surface area contributed by atoms with E-state index in [1.165, 1.54) is 0 Å². The highest BCUT2D eigenvalue weighted by Gasteiger charge is 2.73. The van der Waals surface area contributed by atoms with Gasteiger partial charge in [0.15, 0.2) is 12.6 Å². The lowest BCUT2D eigenvalue weighted by Crippen LogP contribution is -2.64. The summed E-state index contributed by atoms with van der Waals surface area (Å²) in [6.45, 7) is -2.99. The molecule has 2 saturated heterocycles. The largest absolute Gasteiger partial charge is 0.460 e. The third-order valence-electron chi connectivity index (χ3n) is 6.22. The van der Waals surface area contributed by atoms with Crippen LogP contribution in [0.5, 0.6) is 0 Å². The molecule has 15 nitrogen and oxygen atoms in total. The van der Waals surface area contributed by atoms with Crippen LogP contribution in [0, 0.1) is 0 Å². The predicted octanol–water partition coefficient (Wildman–Crippen LogP) is -2.27. The fourth-order valence-corrected chi connectivity index (χ4v) is 4.12. The van der Waals surface area contributed by atoms with Crippen LogP contribution in [0.2, 0.25) is 0 Å². The topological polar surface area (TPSA) is 242 Å². The molecule has 10 atom stereocenters. The van der Waals surface area contributed by atoms with Crippen LogP contribution in [-0.4, -0.2) is 153 Å². The summed E-state index contributed by atoms with van der Waals surface area (Å²) >= 11 is 0. The fraction of sp³-hybridized carbons (Fsp3) is 1.00. The summed E-state index contributed by atoms with van der Waals surface area (Å²) in [5.41, 5.74) is 0. The monoisotopic (exact) mass is 680 g/mol. The Bertz CT molecular complexity index is 1020. The Balaban J connectivity index is 2.00. The molecule has 0 radical (unpaired) electrons. The van der Waals surface area contributed by atoms with Crippen molar-refractivity contribution in [2.24, 2.45) is 0 Å². The number of aliphatic hydroxyl groups excluding tert-OH is 7. The molecule has 0 aromatic carbocycles. The number of hydrogen-bond donors (Lipinski definition) is 8. The lowest BCUT2D eigenvalue weighted by molar-refractivity contribution is -0.456. The Morgan fingerprint density at radius 2 is 1.21 bits per heavy atom. The van der Waals surface area contributed by atoms with E-state index in [2.05, 4.69) is 4.74 Å². The number of ether oxygens (including phenoxy) is 5. The van der Waals surface area contributed by atoms with Gasteiger partial charge in [-0.25, -0.2) is 4.74 Å². The Labute approximate surface area is 235 Å². The van der Waals surface area contributed by atoms with E-state index in [9.17, 15) is 79.3 Å². The Morgan fingerprint density at radius 1 is 0.698 bits per heavy atom. The SMILES string of the molecule is O=S(=O)(O)C(F)(F)C(F)(F)OC(F)(F)C(F)(F)CCCO[C@@H]1OC(CO)[C@@H](O[C@H]2OC(CO)[C@@H](O)[C@H](O)C2O)[C@H](O)C1O. The maximum Gasteiger partial charge on any atom is 0.460 e. The Kier molecular flexibility index (Phi) is 12.1. The fourth-order valence-electron chi connectivity index (χ4n) is 3.78. The molecule has 2 aliphatic rings. The van der Waals surface area contributed by atoms with Gasteiger partial charge in [-0.05, 0) is 6.42 Å². The first-order valence-corrected chi connectivity index (χ1v) is 13.3. The van der Waals surface area contributed by atoms with Gasteiger partial charge in [-0.15, -0.1) is 0 Å². The zero-order valence-electron chi connectivity index (χ0n) is 21.2. The van der Waals surface area contributed by atoms with Gasteiger partial charge in [0.05, 0.1) is 19.8 Å². The van der Waals surface area contributed by atoms with Crippen LogP contribution in [0.25, 0.3) is 0 Å². The molecule has 2 aliphatic heterocycles. The van der Waals surface area contributed by atoms with Crippen LogP contribution in [0.15, 0.2) is 0 Å². The first-order valence-electron chi connectivity index (χ1n) is 11.8. The van der Waals surface area contributed by atoms with E-state index in [-0.39, 0.29) is 0 Å². The van der Waals surface area contributed by atoms with Crippen molar-refractivity contribution in [3.8, 4) is 0 Å². The molecule has 2 fully saturated rings. The smallest absolute Gasteiger partial charge is 0.394 e. The Morgan fingerprint density at radius 3 is 1.72 bits per heavy atom. The zero-order valence-corrected chi connectivity index (χ0v) is 22.0. The van der Waals surface area contributed by atoms with Gasteiger partial charge in [0.2, 0.25) is 0 Å². The van der Waals surface area contributed by atoms with Crippen LogP contribution < -0.4 is 0 Å². The van der Waals surface area contributed by atoms with Crippen LogP contribution in [0.1, 0.15) is 12.8 Å². The highest BCUT2D eigenvalue weighted by molar-refractivity contribution is 7.86. The molecule has 43 heavy (non-hydrogen) atoms. The molecular formula is C19H28F8O15S. The molecule has 8 N–H and O–H groups in total. The van der Waals surface area contributed by atoms with Crippen LogP contribution in [-0.2, 0) is 33.8 Å². The summed E-state index contributed by atoms with van der Waals surface area (Å²) in [6.07, 6.45) is -35.4. The molecule has 4 unspecified atom stereocenters. The molecule has 0 aromatic rings. The highest BCUT2D eigenvalue weighted by Crippen LogP contribution is 2.48. The lowest BCUT2D eigenvalue weighted by atomic mass is 9.97. The molecule has 0 spiro atoms. The third-order valence-corrected chi connectivity index (χ3v) is 7.11. The van der Waals surface area contributed by atoms with Crippen molar-refractivity contribution in [1.29, 1.82) is 0 Å². The third kappa shape index (κ3) is 8.00. The molecule has 24 heteroatoms. The van der Waals surface area contributed by atoms with Crippen LogP contribution in [0.4, 0.5) is 35.1 Å². The summed E-state index contributed by atoms with van der Waals surface area (Å²) in [4.78, 5) is 0. The summed E-state index contributed by atoms with van der Waals surface area (Å²) in [5.74, 6) is -5.68. The standard InChI is InChI=1S/C19H28F8O15S/c20-16(21,17(22,23)42-18(24,25)19(26,27)43(35,36)37)2-1-3-38-14-12(34)10(32)13(7(5-29)40-14)41-15-11(33)9(31)8(30)6(4-28)39-15/h6-15,28-34H,1-5H2,(H,35,36,37)/t6?,7?,8-,9+,10-,11?,12?,13-,14-,15-/m1/s1. The highest BCUT2D eigenvalue weighted by atomic mass is 32.2. The number of halogens is 8. The van der Waals surface area contributed by atoms with Crippen LogP contribution >= 0.6 is 0 Å². The van der Waals surface area contributed by atoms with Crippen molar-refractivity contribution in [1.82, 2.24) is 0 Å². The van der Waals surface area contributed by atoms with E-state index in [0.717, 1.165) is 0 Å². The van der Waals surface area contributed by atoms with Gasteiger partial charge in [-0.3, -0.25) is 4.55 Å². The number of alkyl halides is 8. The molecule has 0 aromatic heterocycles. The van der Waals surface area contributed by atoms with Crippen molar-refractivity contribution in [3.63, 3.8) is 0 Å².